The first-order chi connectivity index (χ1) is 18.2. The highest BCUT2D eigenvalue weighted by Gasteiger charge is 2.52. The molecule has 5 rings (SSSR count). The Morgan fingerprint density at radius 3 is 2.68 bits per heavy atom. The molecule has 1 fully saturated rings. The number of carbonyl (C=O) groups is 1. The van der Waals surface area contributed by atoms with Crippen LogP contribution >= 0.6 is 0 Å². The van der Waals surface area contributed by atoms with Crippen LogP contribution in [0.4, 0.5) is 10.1 Å². The van der Waals surface area contributed by atoms with Crippen LogP contribution in [0.3, 0.4) is 0 Å². The average molecular weight is 533 g/mol. The highest BCUT2D eigenvalue weighted by atomic mass is 32.2. The molecule has 8 nitrogen and oxygen atoms in total. The Balaban J connectivity index is 1.60. The van der Waals surface area contributed by atoms with Gasteiger partial charge in [-0.3, -0.25) is 14.5 Å². The number of benzene rings is 1. The van der Waals surface area contributed by atoms with Crippen molar-refractivity contribution in [3.8, 4) is 0 Å². The van der Waals surface area contributed by atoms with Crippen LogP contribution in [0.25, 0.3) is 0 Å². The summed E-state index contributed by atoms with van der Waals surface area (Å²) in [4.78, 5) is 24.0. The first-order valence-corrected chi connectivity index (χ1v) is 13.4. The summed E-state index contributed by atoms with van der Waals surface area (Å²) in [5.74, 6) is -0.484. The van der Waals surface area contributed by atoms with Crippen molar-refractivity contribution >= 4 is 28.5 Å². The monoisotopic (exact) mass is 532 g/mol. The minimum atomic E-state index is -1.50. The Morgan fingerprint density at radius 2 is 2.03 bits per heavy atom. The van der Waals surface area contributed by atoms with E-state index in [0.717, 1.165) is 11.1 Å². The van der Waals surface area contributed by atoms with Crippen LogP contribution in [-0.2, 0) is 18.4 Å². The van der Waals surface area contributed by atoms with Crippen LogP contribution in [0.2, 0.25) is 0 Å². The molecule has 1 saturated heterocycles. The minimum absolute atomic E-state index is 0.141. The summed E-state index contributed by atoms with van der Waals surface area (Å²) in [5.41, 5.74) is 9.83. The number of halogens is 1. The molecule has 2 atom stereocenters. The van der Waals surface area contributed by atoms with Crippen LogP contribution < -0.4 is 5.73 Å². The first kappa shape index (κ1) is 26.0. The summed E-state index contributed by atoms with van der Waals surface area (Å²) in [6.45, 7) is 4.47. The highest BCUT2D eigenvalue weighted by Crippen LogP contribution is 2.47. The van der Waals surface area contributed by atoms with Gasteiger partial charge in [0.1, 0.15) is 17.2 Å². The van der Waals surface area contributed by atoms with Gasteiger partial charge in [-0.25, -0.2) is 9.38 Å². The Morgan fingerprint density at radius 1 is 1.26 bits per heavy atom. The number of aromatic nitrogens is 3. The van der Waals surface area contributed by atoms with Crippen molar-refractivity contribution in [3.63, 3.8) is 0 Å². The van der Waals surface area contributed by atoms with E-state index >= 15 is 0 Å². The lowest BCUT2D eigenvalue weighted by Gasteiger charge is -2.45. The Hall–Kier alpha value is -3.60. The van der Waals surface area contributed by atoms with Gasteiger partial charge in [0.15, 0.2) is 5.78 Å². The third-order valence-electron chi connectivity index (χ3n) is 7.07. The third-order valence-corrected chi connectivity index (χ3v) is 8.63. The van der Waals surface area contributed by atoms with Crippen molar-refractivity contribution in [1.82, 2.24) is 19.1 Å². The Labute approximate surface area is 224 Å². The molecule has 3 heterocycles. The number of aliphatic imine (C=N–C) groups is 1. The second-order valence-corrected chi connectivity index (χ2v) is 11.2. The third kappa shape index (κ3) is 4.82. The van der Waals surface area contributed by atoms with Crippen molar-refractivity contribution in [1.29, 1.82) is 0 Å². The molecule has 0 bridgehead atoms. The van der Waals surface area contributed by atoms with Gasteiger partial charge in [0.2, 0.25) is 4.90 Å². The first-order valence-electron chi connectivity index (χ1n) is 12.3. The normalized spacial score (nSPS) is 22.8. The molecule has 0 spiro atoms. The predicted molar refractivity (Wildman–Crippen MR) is 145 cm³/mol. The molecule has 1 aliphatic carbocycles. The van der Waals surface area contributed by atoms with Gasteiger partial charge in [-0.2, -0.15) is 5.10 Å². The number of carbonyl (C=O) groups excluding carboxylic acids is 1. The van der Waals surface area contributed by atoms with Crippen LogP contribution in [0.1, 0.15) is 34.6 Å². The molecular formula is C28H29FN6O2S. The maximum absolute atomic E-state index is 14.3. The summed E-state index contributed by atoms with van der Waals surface area (Å²) in [6, 6.07) is 9.53. The number of piperidine rings is 1. The Kier molecular flexibility index (Phi) is 7.04. The maximum Gasteiger partial charge on any atom is 0.214 e. The number of ketones is 1. The minimum Gasteiger partial charge on any atom is -0.593 e. The standard InChI is InChI=1S/C28H29FN6O2S/c1-18-8-10-31-25(12-18)27(36)28-14-20(15-30)24(32-23-6-4-22(29)5-7-23)13-21(28)9-11-35(17-28)38(37)26-16-34(3)33-19(26)2/h4-8,10,12-13,15-16H,9,11,14,17,30H2,1-3H3. The van der Waals surface area contributed by atoms with E-state index in [4.69, 9.17) is 10.7 Å². The molecule has 2 N–H and O–H groups in total. The van der Waals surface area contributed by atoms with Crippen molar-refractivity contribution in [3.05, 3.63) is 95.0 Å². The topological polar surface area (TPSA) is 112 Å². The van der Waals surface area contributed by atoms with E-state index in [1.165, 1.54) is 18.3 Å². The number of aryl methyl sites for hydroxylation is 3. The largest absolute Gasteiger partial charge is 0.593 e. The molecule has 0 saturated carbocycles. The Bertz CT molecular complexity index is 1480. The van der Waals surface area contributed by atoms with Gasteiger partial charge in [-0.1, -0.05) is 5.57 Å². The molecular weight excluding hydrogens is 503 g/mol. The van der Waals surface area contributed by atoms with Crippen molar-refractivity contribution in [2.45, 2.75) is 31.6 Å². The molecule has 0 radical (unpaired) electrons. The fourth-order valence-electron chi connectivity index (χ4n) is 5.16. The number of allylic oxidation sites excluding steroid dienone is 2. The van der Waals surface area contributed by atoms with Gasteiger partial charge in [0, 0.05) is 19.8 Å². The van der Waals surface area contributed by atoms with Crippen LogP contribution in [0, 0.1) is 25.1 Å². The molecule has 10 heteroatoms. The molecule has 2 unspecified atom stereocenters. The van der Waals surface area contributed by atoms with E-state index < -0.39 is 16.8 Å². The summed E-state index contributed by atoms with van der Waals surface area (Å²) in [6.07, 6.45) is 7.56. The van der Waals surface area contributed by atoms with Gasteiger partial charge >= 0.3 is 0 Å². The summed E-state index contributed by atoms with van der Waals surface area (Å²) >= 11 is -1.50. The fraction of sp³-hybridized carbons (Fsp3) is 0.286. The van der Waals surface area contributed by atoms with E-state index in [1.54, 1.807) is 42.3 Å². The molecule has 1 aliphatic heterocycles. The van der Waals surface area contributed by atoms with Gasteiger partial charge in [-0.05, 0) is 86.5 Å². The second kappa shape index (κ2) is 10.3. The summed E-state index contributed by atoms with van der Waals surface area (Å²) < 4.78 is 30.6. The number of pyridine rings is 1. The number of rotatable bonds is 5. The zero-order chi connectivity index (χ0) is 27.0. The molecule has 38 heavy (non-hydrogen) atoms. The summed E-state index contributed by atoms with van der Waals surface area (Å²) in [7, 11) is 1.79. The van der Waals surface area contributed by atoms with E-state index in [9.17, 15) is 13.7 Å². The summed E-state index contributed by atoms with van der Waals surface area (Å²) in [5, 5.41) is 4.34. The number of nitrogens with zero attached hydrogens (tertiary/aromatic N) is 5. The van der Waals surface area contributed by atoms with Gasteiger partial charge in [0.25, 0.3) is 0 Å². The van der Waals surface area contributed by atoms with Crippen LogP contribution in [0.15, 0.2) is 82.1 Å². The fourth-order valence-corrected chi connectivity index (χ4v) is 6.56. The zero-order valence-electron chi connectivity index (χ0n) is 21.5. The molecule has 2 aromatic heterocycles. The quantitative estimate of drug-likeness (QED) is 0.391. The van der Waals surface area contributed by atoms with Gasteiger partial charge < -0.3 is 10.3 Å². The van der Waals surface area contributed by atoms with Crippen molar-refractivity contribution in [2.75, 3.05) is 13.1 Å². The van der Waals surface area contributed by atoms with E-state index in [2.05, 4.69) is 10.1 Å². The number of fused-ring (bicyclic) bond motifs is 1. The van der Waals surface area contributed by atoms with Gasteiger partial charge in [-0.15, -0.1) is 4.31 Å². The SMILES string of the molecule is Cc1ccnc(C(=O)C23CC(=CN)C(=Nc4ccc(F)cc4)C=C2CCN([S+]([O-])c2cn(C)nc2C)C3)c1. The number of Topliss-reactive ketones (excluding diaryl/α,β-unsaturated/α-hetero) is 1. The van der Waals surface area contributed by atoms with Crippen LogP contribution in [0.5, 0.6) is 0 Å². The van der Waals surface area contributed by atoms with Gasteiger partial charge in [0.05, 0.1) is 40.9 Å². The maximum atomic E-state index is 14.3. The molecule has 3 aromatic rings. The van der Waals surface area contributed by atoms with E-state index in [-0.39, 0.29) is 24.6 Å². The second-order valence-electron chi connectivity index (χ2n) is 9.76. The number of nitrogens with two attached hydrogens (primary N) is 1. The molecule has 2 aliphatic rings. The lowest BCUT2D eigenvalue weighted by molar-refractivity contribution is 0.0770. The lowest BCUT2D eigenvalue weighted by Crippen LogP contribution is -2.53. The zero-order valence-corrected chi connectivity index (χ0v) is 22.3. The smallest absolute Gasteiger partial charge is 0.214 e. The van der Waals surface area contributed by atoms with Crippen molar-refractivity contribution < 1.29 is 13.7 Å². The predicted octanol–water partition coefficient (Wildman–Crippen LogP) is 4.11. The van der Waals surface area contributed by atoms with E-state index in [0.29, 0.717) is 46.2 Å². The molecule has 196 valence electrons. The number of hydrogen-bond donors (Lipinski definition) is 1. The molecule has 1 aromatic carbocycles. The molecule has 0 amide bonds. The lowest BCUT2D eigenvalue weighted by atomic mass is 9.64. The van der Waals surface area contributed by atoms with Crippen molar-refractivity contribution in [2.24, 2.45) is 23.2 Å². The average Bonchev–Trinajstić information content (AvgIpc) is 3.25. The highest BCUT2D eigenvalue weighted by molar-refractivity contribution is 7.89. The van der Waals surface area contributed by atoms with E-state index in [1.807, 2.05) is 30.3 Å². The van der Waals surface area contributed by atoms with Crippen LogP contribution in [-0.4, -0.2) is 48.2 Å². The number of hydrogen-bond acceptors (Lipinski definition) is 7.